The number of likely N-dealkylation sites (tertiary alicyclic amines) is 1. The molecule has 1 aromatic heterocycles. The summed E-state index contributed by atoms with van der Waals surface area (Å²) in [6, 6.07) is 7.34. The van der Waals surface area contributed by atoms with E-state index in [9.17, 15) is 0 Å². The molecule has 0 radical (unpaired) electrons. The van der Waals surface area contributed by atoms with Crippen molar-refractivity contribution >= 4 is 0 Å². The van der Waals surface area contributed by atoms with Crippen LogP contribution in [0.25, 0.3) is 0 Å². The van der Waals surface area contributed by atoms with Gasteiger partial charge in [-0.25, -0.2) is 0 Å². The number of rotatable bonds is 6. The van der Waals surface area contributed by atoms with E-state index in [1.165, 1.54) is 56.5 Å². The average Bonchev–Trinajstić information content (AvgIpc) is 2.98. The van der Waals surface area contributed by atoms with Crippen LogP contribution in [0.15, 0.2) is 18.2 Å². The first-order valence-corrected chi connectivity index (χ1v) is 8.76. The molecule has 3 nitrogen and oxygen atoms in total. The predicted molar refractivity (Wildman–Crippen MR) is 87.0 cm³/mol. The third-order valence-electron chi connectivity index (χ3n) is 5.07. The topological polar surface area (TPSA) is 28.2 Å². The van der Waals surface area contributed by atoms with Gasteiger partial charge < -0.3 is 5.32 Å². The molecule has 1 N–H and O–H groups in total. The molecule has 1 aromatic rings. The molecular weight excluding hydrogens is 258 g/mol. The van der Waals surface area contributed by atoms with Crippen molar-refractivity contribution in [1.29, 1.82) is 0 Å². The van der Waals surface area contributed by atoms with Crippen LogP contribution in [0.1, 0.15) is 56.8 Å². The summed E-state index contributed by atoms with van der Waals surface area (Å²) >= 11 is 0. The van der Waals surface area contributed by atoms with Crippen LogP contribution in [0.2, 0.25) is 0 Å². The maximum Gasteiger partial charge on any atom is 0.0547 e. The second-order valence-electron chi connectivity index (χ2n) is 6.67. The van der Waals surface area contributed by atoms with E-state index in [4.69, 9.17) is 4.98 Å². The minimum absolute atomic E-state index is 0.836. The highest BCUT2D eigenvalue weighted by Crippen LogP contribution is 2.37. The Morgan fingerprint density at radius 3 is 2.95 bits per heavy atom. The highest BCUT2D eigenvalue weighted by molar-refractivity contribution is 5.11. The largest absolute Gasteiger partial charge is 0.311 e. The summed E-state index contributed by atoms with van der Waals surface area (Å²) in [7, 11) is 0. The first-order valence-electron chi connectivity index (χ1n) is 8.76. The summed E-state index contributed by atoms with van der Waals surface area (Å²) in [4.78, 5) is 7.55. The van der Waals surface area contributed by atoms with Gasteiger partial charge in [-0.1, -0.05) is 19.4 Å². The van der Waals surface area contributed by atoms with Crippen molar-refractivity contribution < 1.29 is 0 Å². The van der Waals surface area contributed by atoms with Crippen LogP contribution in [-0.2, 0) is 13.1 Å². The summed E-state index contributed by atoms with van der Waals surface area (Å²) < 4.78 is 0. The van der Waals surface area contributed by atoms with Gasteiger partial charge in [-0.05, 0) is 63.2 Å². The maximum absolute atomic E-state index is 4.85. The molecule has 1 aliphatic carbocycles. The molecule has 2 aliphatic rings. The van der Waals surface area contributed by atoms with Crippen molar-refractivity contribution in [2.24, 2.45) is 5.92 Å². The van der Waals surface area contributed by atoms with Gasteiger partial charge >= 0.3 is 0 Å². The van der Waals surface area contributed by atoms with E-state index in [0.717, 1.165) is 31.6 Å². The molecule has 116 valence electrons. The number of fused-ring (bicyclic) bond motifs is 1. The van der Waals surface area contributed by atoms with Crippen LogP contribution in [0, 0.1) is 5.92 Å². The number of hydrogen-bond acceptors (Lipinski definition) is 3. The Hall–Kier alpha value is -0.930. The first kappa shape index (κ1) is 15.0. The normalized spacial score (nSPS) is 26.0. The monoisotopic (exact) mass is 287 g/mol. The molecule has 0 amide bonds. The lowest BCUT2D eigenvalue weighted by Gasteiger charge is -2.37. The van der Waals surface area contributed by atoms with E-state index in [2.05, 4.69) is 35.3 Å². The lowest BCUT2D eigenvalue weighted by Crippen LogP contribution is -2.42. The number of hydrogen-bond donors (Lipinski definition) is 1. The van der Waals surface area contributed by atoms with Crippen LogP contribution in [0.3, 0.4) is 0 Å². The number of pyridine rings is 1. The summed E-state index contributed by atoms with van der Waals surface area (Å²) in [6.07, 6.45) is 8.29. The molecular formula is C18H29N3. The summed E-state index contributed by atoms with van der Waals surface area (Å²) in [5.74, 6) is 0.966. The maximum atomic E-state index is 4.85. The minimum Gasteiger partial charge on any atom is -0.311 e. The SMILES string of the molecule is CCCNCc1cccc(CN2CCCC3CCCC32)n1. The first-order chi connectivity index (χ1) is 10.4. The second-order valence-corrected chi connectivity index (χ2v) is 6.67. The van der Waals surface area contributed by atoms with Crippen molar-refractivity contribution in [3.8, 4) is 0 Å². The number of piperidine rings is 1. The predicted octanol–water partition coefficient (Wildman–Crippen LogP) is 3.35. The third-order valence-corrected chi connectivity index (χ3v) is 5.07. The lowest BCUT2D eigenvalue weighted by atomic mass is 9.92. The zero-order chi connectivity index (χ0) is 14.5. The van der Waals surface area contributed by atoms with E-state index < -0.39 is 0 Å². The van der Waals surface area contributed by atoms with Gasteiger partial charge in [0.25, 0.3) is 0 Å². The Labute approximate surface area is 129 Å². The average molecular weight is 287 g/mol. The Morgan fingerprint density at radius 2 is 2.05 bits per heavy atom. The molecule has 2 unspecified atom stereocenters. The highest BCUT2D eigenvalue weighted by Gasteiger charge is 2.34. The molecule has 1 saturated heterocycles. The second kappa shape index (κ2) is 7.37. The standard InChI is InChI=1S/C18H29N3/c1-2-11-19-13-16-8-4-9-17(20-16)14-21-12-5-7-15-6-3-10-18(15)21/h4,8-9,15,18-19H,2-3,5-7,10-14H2,1H3. The fraction of sp³-hybridized carbons (Fsp3) is 0.722. The molecule has 0 bridgehead atoms. The molecule has 21 heavy (non-hydrogen) atoms. The molecule has 2 atom stereocenters. The Kier molecular flexibility index (Phi) is 5.26. The van der Waals surface area contributed by atoms with Crippen molar-refractivity contribution in [1.82, 2.24) is 15.2 Å². The fourth-order valence-electron chi connectivity index (χ4n) is 4.07. The van der Waals surface area contributed by atoms with Gasteiger partial charge in [0, 0.05) is 19.1 Å². The summed E-state index contributed by atoms with van der Waals surface area (Å²) in [6.45, 7) is 6.48. The molecule has 0 spiro atoms. The van der Waals surface area contributed by atoms with Crippen LogP contribution < -0.4 is 5.32 Å². The van der Waals surface area contributed by atoms with Gasteiger partial charge in [-0.15, -0.1) is 0 Å². The van der Waals surface area contributed by atoms with Crippen molar-refractivity contribution in [3.05, 3.63) is 29.6 Å². The van der Waals surface area contributed by atoms with Gasteiger partial charge in [-0.3, -0.25) is 9.88 Å². The molecule has 0 aromatic carbocycles. The Bertz CT molecular complexity index is 446. The Morgan fingerprint density at radius 1 is 1.19 bits per heavy atom. The van der Waals surface area contributed by atoms with E-state index in [-0.39, 0.29) is 0 Å². The van der Waals surface area contributed by atoms with Crippen LogP contribution in [-0.4, -0.2) is 29.0 Å². The molecule has 1 aliphatic heterocycles. The van der Waals surface area contributed by atoms with Gasteiger partial charge in [0.2, 0.25) is 0 Å². The van der Waals surface area contributed by atoms with Crippen molar-refractivity contribution in [2.45, 2.75) is 64.6 Å². The van der Waals surface area contributed by atoms with Crippen LogP contribution >= 0.6 is 0 Å². The molecule has 2 fully saturated rings. The highest BCUT2D eigenvalue weighted by atomic mass is 15.2. The fourth-order valence-corrected chi connectivity index (χ4v) is 4.07. The molecule has 3 rings (SSSR count). The minimum atomic E-state index is 0.836. The van der Waals surface area contributed by atoms with Gasteiger partial charge in [0.1, 0.15) is 0 Å². The van der Waals surface area contributed by atoms with E-state index >= 15 is 0 Å². The number of aromatic nitrogens is 1. The van der Waals surface area contributed by atoms with Gasteiger partial charge in [-0.2, -0.15) is 0 Å². The van der Waals surface area contributed by atoms with E-state index in [0.29, 0.717) is 0 Å². The van der Waals surface area contributed by atoms with Gasteiger partial charge in [0.05, 0.1) is 11.4 Å². The van der Waals surface area contributed by atoms with Crippen LogP contribution in [0.5, 0.6) is 0 Å². The van der Waals surface area contributed by atoms with Gasteiger partial charge in [0.15, 0.2) is 0 Å². The van der Waals surface area contributed by atoms with E-state index in [1.54, 1.807) is 0 Å². The molecule has 1 saturated carbocycles. The van der Waals surface area contributed by atoms with Crippen molar-refractivity contribution in [2.75, 3.05) is 13.1 Å². The summed E-state index contributed by atoms with van der Waals surface area (Å²) in [5, 5.41) is 3.44. The van der Waals surface area contributed by atoms with Crippen LogP contribution in [0.4, 0.5) is 0 Å². The van der Waals surface area contributed by atoms with E-state index in [1.807, 2.05) is 0 Å². The third kappa shape index (κ3) is 3.83. The molecule has 2 heterocycles. The quantitative estimate of drug-likeness (QED) is 0.813. The van der Waals surface area contributed by atoms with Crippen molar-refractivity contribution in [3.63, 3.8) is 0 Å². The Balaban J connectivity index is 1.60. The number of nitrogens with zero attached hydrogens (tertiary/aromatic N) is 2. The zero-order valence-corrected chi connectivity index (χ0v) is 13.4. The summed E-state index contributed by atoms with van der Waals surface area (Å²) in [5.41, 5.74) is 2.43. The molecule has 3 heteroatoms. The zero-order valence-electron chi connectivity index (χ0n) is 13.4. The number of nitrogens with one attached hydrogen (secondary N) is 1. The smallest absolute Gasteiger partial charge is 0.0547 e. The lowest BCUT2D eigenvalue weighted by molar-refractivity contribution is 0.104.